The molecule has 5 heteroatoms. The van der Waals surface area contributed by atoms with E-state index in [9.17, 15) is 0 Å². The van der Waals surface area contributed by atoms with Gasteiger partial charge in [0, 0.05) is 34.5 Å². The quantitative estimate of drug-likeness (QED) is 0.598. The molecule has 2 aromatic carbocycles. The first-order valence-corrected chi connectivity index (χ1v) is 11.2. The Morgan fingerprint density at radius 3 is 2.50 bits per heavy atom. The van der Waals surface area contributed by atoms with Crippen molar-refractivity contribution < 1.29 is 0 Å². The molecular formula is C23H31N3S2. The smallest absolute Gasteiger partial charge is 0.106 e. The van der Waals surface area contributed by atoms with Crippen molar-refractivity contribution in [3.8, 4) is 0 Å². The average Bonchev–Trinajstić information content (AvgIpc) is 2.64. The number of para-hydroxylation sites is 1. The highest BCUT2D eigenvalue weighted by molar-refractivity contribution is 7.99. The zero-order valence-corrected chi connectivity index (χ0v) is 19.2. The van der Waals surface area contributed by atoms with Gasteiger partial charge in [-0.1, -0.05) is 56.0 Å². The molecule has 0 bridgehead atoms. The number of anilines is 2. The predicted molar refractivity (Wildman–Crippen MR) is 126 cm³/mol. The number of hydrogen-bond acceptors (Lipinski definition) is 4. The molecule has 1 aliphatic heterocycles. The Balaban J connectivity index is 1.92. The second kappa shape index (κ2) is 9.29. The first-order chi connectivity index (χ1) is 13.4. The number of likely N-dealkylation sites (N-methyl/N-ethyl adjacent to an activating group) is 1. The van der Waals surface area contributed by atoms with E-state index in [0.717, 1.165) is 30.1 Å². The minimum absolute atomic E-state index is 0.355. The van der Waals surface area contributed by atoms with Crippen LogP contribution >= 0.6 is 24.0 Å². The molecule has 0 amide bonds. The van der Waals surface area contributed by atoms with Crippen LogP contribution in [-0.4, -0.2) is 43.1 Å². The number of fused-ring (bicyclic) bond motifs is 2. The van der Waals surface area contributed by atoms with Crippen molar-refractivity contribution in [2.75, 3.05) is 32.1 Å². The molecule has 3 rings (SSSR count). The normalized spacial score (nSPS) is 14.0. The van der Waals surface area contributed by atoms with E-state index in [4.69, 9.17) is 12.2 Å². The van der Waals surface area contributed by atoms with Crippen LogP contribution in [0.25, 0.3) is 0 Å². The van der Waals surface area contributed by atoms with Crippen molar-refractivity contribution in [1.82, 2.24) is 10.2 Å². The topological polar surface area (TPSA) is 18.5 Å². The van der Waals surface area contributed by atoms with E-state index in [2.05, 4.69) is 92.4 Å². The molecule has 0 aliphatic carbocycles. The zero-order valence-electron chi connectivity index (χ0n) is 17.5. The van der Waals surface area contributed by atoms with Crippen LogP contribution in [0, 0.1) is 5.92 Å². The average molecular weight is 414 g/mol. The number of thiocarbonyl (C=S) groups is 1. The van der Waals surface area contributed by atoms with Crippen LogP contribution in [0.4, 0.5) is 11.4 Å². The van der Waals surface area contributed by atoms with E-state index in [0.29, 0.717) is 12.0 Å². The van der Waals surface area contributed by atoms with Crippen LogP contribution in [0.5, 0.6) is 0 Å². The van der Waals surface area contributed by atoms with Gasteiger partial charge in [-0.3, -0.25) is 0 Å². The first kappa shape index (κ1) is 21.2. The lowest BCUT2D eigenvalue weighted by atomic mass is 10.1. The maximum Gasteiger partial charge on any atom is 0.106 e. The maximum atomic E-state index is 5.69. The van der Waals surface area contributed by atoms with Crippen LogP contribution < -0.4 is 10.2 Å². The molecule has 150 valence electrons. The van der Waals surface area contributed by atoms with E-state index in [1.165, 1.54) is 21.2 Å². The van der Waals surface area contributed by atoms with Gasteiger partial charge in [0.15, 0.2) is 0 Å². The highest BCUT2D eigenvalue weighted by Gasteiger charge is 2.27. The molecule has 1 aliphatic rings. The fraction of sp³-hybridized carbons (Fsp3) is 0.435. The van der Waals surface area contributed by atoms with Crippen molar-refractivity contribution in [2.45, 2.75) is 43.0 Å². The molecule has 0 saturated carbocycles. The van der Waals surface area contributed by atoms with Gasteiger partial charge in [0.25, 0.3) is 0 Å². The Morgan fingerprint density at radius 1 is 1.07 bits per heavy atom. The summed E-state index contributed by atoms with van der Waals surface area (Å²) in [4.78, 5) is 8.16. The molecule has 0 radical (unpaired) electrons. The van der Waals surface area contributed by atoms with Gasteiger partial charge in [-0.2, -0.15) is 0 Å². The van der Waals surface area contributed by atoms with E-state index < -0.39 is 0 Å². The highest BCUT2D eigenvalue weighted by atomic mass is 32.2. The van der Waals surface area contributed by atoms with E-state index >= 15 is 0 Å². The lowest BCUT2D eigenvalue weighted by molar-refractivity contribution is 0.380. The Labute approximate surface area is 179 Å². The molecule has 0 fully saturated rings. The Morgan fingerprint density at radius 2 is 1.79 bits per heavy atom. The monoisotopic (exact) mass is 413 g/mol. The van der Waals surface area contributed by atoms with Gasteiger partial charge in [0.05, 0.1) is 11.4 Å². The van der Waals surface area contributed by atoms with E-state index in [1.807, 2.05) is 11.8 Å². The van der Waals surface area contributed by atoms with Crippen LogP contribution in [0.1, 0.15) is 32.8 Å². The molecule has 28 heavy (non-hydrogen) atoms. The third-order valence-corrected chi connectivity index (χ3v) is 6.41. The lowest BCUT2D eigenvalue weighted by Gasteiger charge is -2.38. The largest absolute Gasteiger partial charge is 0.376 e. The van der Waals surface area contributed by atoms with Crippen molar-refractivity contribution in [3.05, 3.63) is 48.0 Å². The standard InChI is InChI=1S/C23H31N3S2/c1-16(2)12-13-24-23(27)18-10-11-22-20(14-18)26(17(3)15-25(4)5)19-8-6-7-9-21(19)28-22/h6-11,14,16-17H,12-13,15H2,1-5H3,(H,24,27). The minimum Gasteiger partial charge on any atom is -0.376 e. The number of nitrogens with zero attached hydrogens (tertiary/aromatic N) is 2. The van der Waals surface area contributed by atoms with Gasteiger partial charge < -0.3 is 15.1 Å². The fourth-order valence-electron chi connectivity index (χ4n) is 3.59. The Kier molecular flexibility index (Phi) is 7.02. The van der Waals surface area contributed by atoms with Gasteiger partial charge in [-0.25, -0.2) is 0 Å². The molecule has 0 spiro atoms. The summed E-state index contributed by atoms with van der Waals surface area (Å²) < 4.78 is 0. The molecule has 1 atom stereocenters. The van der Waals surface area contributed by atoms with Crippen LogP contribution in [0.15, 0.2) is 52.3 Å². The summed E-state index contributed by atoms with van der Waals surface area (Å²) in [5, 5.41) is 3.43. The molecular weight excluding hydrogens is 382 g/mol. The van der Waals surface area contributed by atoms with Gasteiger partial charge in [-0.05, 0) is 57.6 Å². The van der Waals surface area contributed by atoms with Crippen LogP contribution in [-0.2, 0) is 0 Å². The lowest BCUT2D eigenvalue weighted by Crippen LogP contribution is -2.38. The van der Waals surface area contributed by atoms with Crippen molar-refractivity contribution in [3.63, 3.8) is 0 Å². The Bertz CT molecular complexity index is 832. The summed E-state index contributed by atoms with van der Waals surface area (Å²) in [6.45, 7) is 8.68. The molecule has 2 aromatic rings. The number of benzene rings is 2. The van der Waals surface area contributed by atoms with Gasteiger partial charge >= 0.3 is 0 Å². The summed E-state index contributed by atoms with van der Waals surface area (Å²) in [5.41, 5.74) is 3.63. The highest BCUT2D eigenvalue weighted by Crippen LogP contribution is 2.49. The Hall–Kier alpha value is -1.56. The van der Waals surface area contributed by atoms with Gasteiger partial charge in [-0.15, -0.1) is 0 Å². The zero-order chi connectivity index (χ0) is 20.3. The number of nitrogens with one attached hydrogen (secondary N) is 1. The summed E-state index contributed by atoms with van der Waals surface area (Å²) in [6, 6.07) is 15.7. The van der Waals surface area contributed by atoms with Gasteiger partial charge in [0.2, 0.25) is 0 Å². The van der Waals surface area contributed by atoms with Crippen molar-refractivity contribution in [1.29, 1.82) is 0 Å². The SMILES string of the molecule is CC(C)CCNC(=S)c1ccc2c(c1)N(C(C)CN(C)C)c1ccccc1S2. The van der Waals surface area contributed by atoms with E-state index in [-0.39, 0.29) is 0 Å². The minimum atomic E-state index is 0.355. The second-order valence-corrected chi connectivity index (χ2v) is 9.66. The molecule has 0 aromatic heterocycles. The maximum absolute atomic E-state index is 5.69. The van der Waals surface area contributed by atoms with E-state index in [1.54, 1.807) is 0 Å². The molecule has 3 nitrogen and oxygen atoms in total. The third-order valence-electron chi connectivity index (χ3n) is 4.90. The second-order valence-electron chi connectivity index (χ2n) is 8.17. The molecule has 0 saturated heterocycles. The number of hydrogen-bond donors (Lipinski definition) is 1. The van der Waals surface area contributed by atoms with Crippen molar-refractivity contribution >= 4 is 40.3 Å². The van der Waals surface area contributed by atoms with Gasteiger partial charge in [0.1, 0.15) is 4.99 Å². The molecule has 1 heterocycles. The molecule has 1 unspecified atom stereocenters. The summed E-state index contributed by atoms with van der Waals surface area (Å²) in [6.07, 6.45) is 1.13. The number of rotatable bonds is 7. The van der Waals surface area contributed by atoms with Crippen LogP contribution in [0.2, 0.25) is 0 Å². The fourth-order valence-corrected chi connectivity index (χ4v) is 4.87. The first-order valence-electron chi connectivity index (χ1n) is 10.00. The summed E-state index contributed by atoms with van der Waals surface area (Å²) in [7, 11) is 4.26. The predicted octanol–water partition coefficient (Wildman–Crippen LogP) is 5.55. The third kappa shape index (κ3) is 4.88. The summed E-state index contributed by atoms with van der Waals surface area (Å²) in [5.74, 6) is 0.675. The van der Waals surface area contributed by atoms with Crippen molar-refractivity contribution in [2.24, 2.45) is 5.92 Å². The molecule has 1 N–H and O–H groups in total. The summed E-state index contributed by atoms with van der Waals surface area (Å²) >= 11 is 7.53. The van der Waals surface area contributed by atoms with Crippen LogP contribution in [0.3, 0.4) is 0 Å².